The molecule has 0 fully saturated rings. The van der Waals surface area contributed by atoms with Gasteiger partial charge in [-0.25, -0.2) is 9.36 Å². The van der Waals surface area contributed by atoms with Crippen molar-refractivity contribution < 1.29 is 24.9 Å². The first-order valence-corrected chi connectivity index (χ1v) is 7.51. The van der Waals surface area contributed by atoms with Gasteiger partial charge in [-0.3, -0.25) is 4.79 Å². The van der Waals surface area contributed by atoms with E-state index in [9.17, 15) is 24.9 Å². The number of phenolic OH excluding ortho intramolecular Hbond substituents is 3. The summed E-state index contributed by atoms with van der Waals surface area (Å²) in [6.45, 7) is 1.76. The number of nitrogens with zero attached hydrogens (tertiary/aromatic N) is 1. The number of aromatic nitrogens is 1. The fourth-order valence-corrected chi connectivity index (χ4v) is 2.64. The highest BCUT2D eigenvalue weighted by Crippen LogP contribution is 2.32. The number of carbonyl (C=O) groups excluding carboxylic acids is 1. The Morgan fingerprint density at radius 1 is 1.04 bits per heavy atom. The number of pyridine rings is 1. The molecular weight excluding hydrogens is 326 g/mol. The summed E-state index contributed by atoms with van der Waals surface area (Å²) in [5.41, 5.74) is 0.173. The van der Waals surface area contributed by atoms with Crippen LogP contribution in [0.3, 0.4) is 0 Å². The van der Waals surface area contributed by atoms with E-state index in [-0.39, 0.29) is 34.7 Å². The highest BCUT2D eigenvalue weighted by atomic mass is 16.5. The third-order valence-electron chi connectivity index (χ3n) is 3.74. The molecule has 0 aliphatic carbocycles. The lowest BCUT2D eigenvalue weighted by Crippen LogP contribution is -2.20. The quantitative estimate of drug-likeness (QED) is 0.619. The van der Waals surface area contributed by atoms with Crippen LogP contribution < -0.4 is 5.43 Å². The minimum absolute atomic E-state index is 0.0118. The van der Waals surface area contributed by atoms with Crippen LogP contribution in [0.1, 0.15) is 6.92 Å². The number of phenols is 3. The molecule has 0 saturated heterocycles. The molecule has 0 atom stereocenters. The Morgan fingerprint density at radius 3 is 2.48 bits per heavy atom. The molecule has 3 rings (SSSR count). The summed E-state index contributed by atoms with van der Waals surface area (Å²) in [7, 11) is 0. The lowest BCUT2D eigenvalue weighted by Gasteiger charge is -2.16. The first kappa shape index (κ1) is 16.4. The van der Waals surface area contributed by atoms with Crippen LogP contribution in [0.2, 0.25) is 0 Å². The van der Waals surface area contributed by atoms with Gasteiger partial charge in [0.1, 0.15) is 5.75 Å². The van der Waals surface area contributed by atoms with Gasteiger partial charge in [-0.15, -0.1) is 0 Å². The first-order chi connectivity index (χ1) is 11.9. The second-order valence-electron chi connectivity index (χ2n) is 5.30. The van der Waals surface area contributed by atoms with Crippen molar-refractivity contribution in [3.63, 3.8) is 0 Å². The number of aromatic hydroxyl groups is 3. The van der Waals surface area contributed by atoms with E-state index >= 15 is 0 Å². The largest absolute Gasteiger partial charge is 0.507 e. The molecule has 0 bridgehead atoms. The molecule has 0 aliphatic rings. The summed E-state index contributed by atoms with van der Waals surface area (Å²) >= 11 is 0. The summed E-state index contributed by atoms with van der Waals surface area (Å²) < 4.78 is 6.20. The maximum absolute atomic E-state index is 12.5. The summed E-state index contributed by atoms with van der Waals surface area (Å²) in [6, 6.07) is 9.47. The number of benzene rings is 2. The molecule has 1 aromatic heterocycles. The minimum Gasteiger partial charge on any atom is -0.507 e. The predicted molar refractivity (Wildman–Crippen MR) is 91.1 cm³/mol. The highest BCUT2D eigenvalue weighted by Gasteiger charge is 2.19. The Balaban J connectivity index is 2.41. The van der Waals surface area contributed by atoms with Gasteiger partial charge in [0.2, 0.25) is 0 Å². The first-order valence-electron chi connectivity index (χ1n) is 7.51. The Morgan fingerprint density at radius 2 is 1.80 bits per heavy atom. The van der Waals surface area contributed by atoms with Gasteiger partial charge in [-0.05, 0) is 37.3 Å². The minimum atomic E-state index is -0.735. The molecule has 3 aromatic rings. The van der Waals surface area contributed by atoms with Gasteiger partial charge in [-0.2, -0.15) is 0 Å². The van der Waals surface area contributed by atoms with Crippen LogP contribution in [0.4, 0.5) is 4.79 Å². The fraction of sp³-hybridized carbons (Fsp3) is 0.111. The number of fused-ring (bicyclic) bond motifs is 1. The number of rotatable bonds is 2. The van der Waals surface area contributed by atoms with Gasteiger partial charge >= 0.3 is 6.09 Å². The summed E-state index contributed by atoms with van der Waals surface area (Å²) in [5.74, 6) is -0.968. The number of hydrogen-bond acceptors (Lipinski definition) is 6. The fourth-order valence-electron chi connectivity index (χ4n) is 2.64. The normalized spacial score (nSPS) is 10.8. The van der Waals surface area contributed by atoms with Crippen molar-refractivity contribution in [1.29, 1.82) is 0 Å². The van der Waals surface area contributed by atoms with Gasteiger partial charge < -0.3 is 20.1 Å². The summed E-state index contributed by atoms with van der Waals surface area (Å²) in [4.78, 5) is 24.9. The molecule has 0 radical (unpaired) electrons. The smallest absolute Gasteiger partial charge is 0.418 e. The van der Waals surface area contributed by atoms with Crippen molar-refractivity contribution in [3.8, 4) is 28.5 Å². The molecule has 1 heterocycles. The molecular formula is C18H15NO6. The maximum Gasteiger partial charge on any atom is 0.418 e. The van der Waals surface area contributed by atoms with E-state index < -0.39 is 17.3 Å². The van der Waals surface area contributed by atoms with Crippen molar-refractivity contribution in [1.82, 2.24) is 4.57 Å². The zero-order chi connectivity index (χ0) is 18.1. The second-order valence-corrected chi connectivity index (χ2v) is 5.30. The van der Waals surface area contributed by atoms with E-state index in [1.165, 1.54) is 42.5 Å². The monoisotopic (exact) mass is 341 g/mol. The van der Waals surface area contributed by atoms with E-state index in [2.05, 4.69) is 0 Å². The number of hydrogen-bond donors (Lipinski definition) is 3. The van der Waals surface area contributed by atoms with Crippen molar-refractivity contribution in [2.75, 3.05) is 6.61 Å². The third kappa shape index (κ3) is 2.76. The zero-order valence-electron chi connectivity index (χ0n) is 13.3. The van der Waals surface area contributed by atoms with E-state index in [1.54, 1.807) is 6.92 Å². The zero-order valence-corrected chi connectivity index (χ0v) is 13.3. The summed E-state index contributed by atoms with van der Waals surface area (Å²) in [6.07, 6.45) is -0.735. The molecule has 25 heavy (non-hydrogen) atoms. The molecule has 7 heteroatoms. The Kier molecular flexibility index (Phi) is 4.06. The molecule has 0 spiro atoms. The van der Waals surface area contributed by atoms with E-state index in [0.29, 0.717) is 5.56 Å². The summed E-state index contributed by atoms with van der Waals surface area (Å²) in [5, 5.41) is 29.2. The molecule has 2 aromatic carbocycles. The molecule has 0 saturated carbocycles. The molecule has 0 aliphatic heterocycles. The van der Waals surface area contributed by atoms with Crippen LogP contribution in [-0.2, 0) is 4.74 Å². The highest BCUT2D eigenvalue weighted by molar-refractivity contribution is 5.95. The van der Waals surface area contributed by atoms with Crippen LogP contribution in [0.5, 0.6) is 17.2 Å². The van der Waals surface area contributed by atoms with Crippen LogP contribution in [0, 0.1) is 0 Å². The van der Waals surface area contributed by atoms with Crippen LogP contribution >= 0.6 is 0 Å². The Bertz CT molecular complexity index is 1040. The molecule has 128 valence electrons. The Hall–Kier alpha value is -3.48. The molecule has 3 N–H and O–H groups in total. The Labute approximate surface area is 142 Å². The average molecular weight is 341 g/mol. The van der Waals surface area contributed by atoms with Crippen molar-refractivity contribution in [2.45, 2.75) is 6.92 Å². The molecule has 0 unspecified atom stereocenters. The van der Waals surface area contributed by atoms with Gasteiger partial charge in [0.25, 0.3) is 0 Å². The van der Waals surface area contributed by atoms with Crippen molar-refractivity contribution in [2.24, 2.45) is 0 Å². The van der Waals surface area contributed by atoms with Gasteiger partial charge in [-0.1, -0.05) is 6.07 Å². The van der Waals surface area contributed by atoms with E-state index in [4.69, 9.17) is 4.74 Å². The molecule has 7 nitrogen and oxygen atoms in total. The lowest BCUT2D eigenvalue weighted by atomic mass is 10.1. The van der Waals surface area contributed by atoms with Gasteiger partial charge in [0, 0.05) is 11.6 Å². The van der Waals surface area contributed by atoms with Gasteiger partial charge in [0.15, 0.2) is 16.9 Å². The maximum atomic E-state index is 12.5. The van der Waals surface area contributed by atoms with E-state index in [1.807, 2.05) is 0 Å². The number of carbonyl (C=O) groups is 1. The number of ether oxygens (including phenoxy) is 1. The van der Waals surface area contributed by atoms with Crippen LogP contribution in [0.15, 0.2) is 47.3 Å². The van der Waals surface area contributed by atoms with Crippen LogP contribution in [0.25, 0.3) is 22.2 Å². The van der Waals surface area contributed by atoms with Crippen LogP contribution in [-0.4, -0.2) is 32.6 Å². The second kappa shape index (κ2) is 6.20. The SMILES string of the molecule is CCOC(=O)n1c(-c2ccc(O)c(O)c2)cc(=O)c2c(O)cccc21. The lowest BCUT2D eigenvalue weighted by molar-refractivity contribution is 0.155. The topological polar surface area (TPSA) is 109 Å². The van der Waals surface area contributed by atoms with E-state index in [0.717, 1.165) is 4.57 Å². The van der Waals surface area contributed by atoms with Crippen molar-refractivity contribution >= 4 is 17.0 Å². The standard InChI is InChI=1S/C18H15NO6/c1-2-25-18(24)19-11-4-3-5-14(21)17(11)16(23)9-12(19)10-6-7-13(20)15(22)8-10/h3-9,20-22H,2H2,1H3. The van der Waals surface area contributed by atoms with Crippen molar-refractivity contribution in [3.05, 3.63) is 52.7 Å². The predicted octanol–water partition coefficient (Wildman–Crippen LogP) is 2.79. The van der Waals surface area contributed by atoms with Gasteiger partial charge in [0.05, 0.1) is 23.2 Å². The average Bonchev–Trinajstić information content (AvgIpc) is 2.57. The third-order valence-corrected chi connectivity index (χ3v) is 3.74. The molecule has 0 amide bonds.